The second-order valence-corrected chi connectivity index (χ2v) is 6.84. The lowest BCUT2D eigenvalue weighted by Gasteiger charge is -2.13. The van der Waals surface area contributed by atoms with E-state index in [4.69, 9.17) is 0 Å². The SMILES string of the molecule is Cc1nn(CC(=O)Nc2c(C#N)c(C)c(C)n2-c2ccc(F)cc2)c(C)c1[N+](=O)[O-]. The number of amides is 1. The van der Waals surface area contributed by atoms with Gasteiger partial charge in [0, 0.05) is 11.4 Å². The summed E-state index contributed by atoms with van der Waals surface area (Å²) in [6, 6.07) is 7.76. The second-order valence-electron chi connectivity index (χ2n) is 6.84. The molecule has 9 nitrogen and oxygen atoms in total. The average molecular weight is 410 g/mol. The Morgan fingerprint density at radius 1 is 1.23 bits per heavy atom. The van der Waals surface area contributed by atoms with E-state index in [1.165, 1.54) is 30.7 Å². The molecule has 0 aliphatic heterocycles. The largest absolute Gasteiger partial charge is 0.312 e. The van der Waals surface area contributed by atoms with Gasteiger partial charge in [-0.25, -0.2) is 4.39 Å². The molecular weight excluding hydrogens is 391 g/mol. The highest BCUT2D eigenvalue weighted by molar-refractivity contribution is 5.92. The van der Waals surface area contributed by atoms with Gasteiger partial charge >= 0.3 is 5.69 Å². The topological polar surface area (TPSA) is 119 Å². The molecule has 0 unspecified atom stereocenters. The third-order valence-electron chi connectivity index (χ3n) is 4.99. The number of benzene rings is 1. The zero-order chi connectivity index (χ0) is 22.2. The number of nitro groups is 1. The molecule has 1 N–H and O–H groups in total. The predicted molar refractivity (Wildman–Crippen MR) is 107 cm³/mol. The fourth-order valence-corrected chi connectivity index (χ4v) is 3.39. The van der Waals surface area contributed by atoms with Gasteiger partial charge < -0.3 is 5.32 Å². The Balaban J connectivity index is 1.99. The summed E-state index contributed by atoms with van der Waals surface area (Å²) in [7, 11) is 0. The van der Waals surface area contributed by atoms with Crippen molar-refractivity contribution in [2.24, 2.45) is 0 Å². The number of anilines is 1. The van der Waals surface area contributed by atoms with Gasteiger partial charge in [0.05, 0.1) is 10.5 Å². The van der Waals surface area contributed by atoms with Crippen molar-refractivity contribution in [3.8, 4) is 11.8 Å². The number of carbonyl (C=O) groups is 1. The van der Waals surface area contributed by atoms with Gasteiger partial charge in [0.1, 0.15) is 35.6 Å². The maximum Gasteiger partial charge on any atom is 0.312 e. The van der Waals surface area contributed by atoms with Crippen LogP contribution in [0.15, 0.2) is 24.3 Å². The summed E-state index contributed by atoms with van der Waals surface area (Å²) in [6.45, 7) is 6.30. The summed E-state index contributed by atoms with van der Waals surface area (Å²) in [5, 5.41) is 27.6. The van der Waals surface area contributed by atoms with Crippen LogP contribution in [0.1, 0.15) is 28.2 Å². The molecule has 0 radical (unpaired) electrons. The van der Waals surface area contributed by atoms with E-state index >= 15 is 0 Å². The van der Waals surface area contributed by atoms with Crippen LogP contribution in [0, 0.1) is 55.0 Å². The Hall–Kier alpha value is -4.00. The van der Waals surface area contributed by atoms with Gasteiger partial charge in [-0.1, -0.05) is 0 Å². The Morgan fingerprint density at radius 3 is 2.40 bits per heavy atom. The minimum Gasteiger partial charge on any atom is -0.309 e. The number of nitrogens with zero attached hydrogens (tertiary/aromatic N) is 5. The standard InChI is InChI=1S/C20H19FN6O3/c1-11-13(3)26(16-7-5-15(21)6-8-16)20(17(11)9-22)23-18(28)10-25-14(4)19(27(29)30)12(2)24-25/h5-8H,10H2,1-4H3,(H,23,28). The van der Waals surface area contributed by atoms with E-state index in [-0.39, 0.29) is 35.0 Å². The van der Waals surface area contributed by atoms with Crippen molar-refractivity contribution in [2.45, 2.75) is 34.2 Å². The van der Waals surface area contributed by atoms with Crippen LogP contribution >= 0.6 is 0 Å². The molecule has 0 aliphatic carbocycles. The highest BCUT2D eigenvalue weighted by Gasteiger charge is 2.24. The van der Waals surface area contributed by atoms with Crippen molar-refractivity contribution >= 4 is 17.4 Å². The van der Waals surface area contributed by atoms with Gasteiger partial charge in [0.25, 0.3) is 0 Å². The molecule has 0 atom stereocenters. The third kappa shape index (κ3) is 3.53. The Bertz CT molecular complexity index is 1200. The first-order valence-corrected chi connectivity index (χ1v) is 9.01. The number of hydrogen-bond donors (Lipinski definition) is 1. The Kier molecular flexibility index (Phi) is 5.38. The van der Waals surface area contributed by atoms with Gasteiger partial charge in [-0.15, -0.1) is 0 Å². The minimum absolute atomic E-state index is 0.137. The maximum atomic E-state index is 13.3. The van der Waals surface area contributed by atoms with Crippen molar-refractivity contribution < 1.29 is 14.1 Å². The Labute approximate surface area is 171 Å². The second kappa shape index (κ2) is 7.79. The molecule has 2 heterocycles. The van der Waals surface area contributed by atoms with Crippen LogP contribution in [-0.4, -0.2) is 25.2 Å². The van der Waals surface area contributed by atoms with E-state index in [9.17, 15) is 24.6 Å². The fraction of sp³-hybridized carbons (Fsp3) is 0.250. The molecule has 0 saturated carbocycles. The molecular formula is C20H19FN6O3. The first-order chi connectivity index (χ1) is 14.1. The number of carbonyl (C=O) groups excluding carboxylic acids is 1. The van der Waals surface area contributed by atoms with E-state index in [0.29, 0.717) is 11.3 Å². The molecule has 3 aromatic rings. The molecule has 154 valence electrons. The van der Waals surface area contributed by atoms with Gasteiger partial charge in [-0.2, -0.15) is 10.4 Å². The normalized spacial score (nSPS) is 10.7. The van der Waals surface area contributed by atoms with Crippen LogP contribution in [0.4, 0.5) is 15.9 Å². The predicted octanol–water partition coefficient (Wildman–Crippen LogP) is 3.47. The molecule has 0 spiro atoms. The van der Waals surface area contributed by atoms with E-state index < -0.39 is 16.6 Å². The smallest absolute Gasteiger partial charge is 0.309 e. The number of halogens is 1. The van der Waals surface area contributed by atoms with Gasteiger partial charge in [0.15, 0.2) is 0 Å². The Morgan fingerprint density at radius 2 is 1.87 bits per heavy atom. The first-order valence-electron chi connectivity index (χ1n) is 9.01. The van der Waals surface area contributed by atoms with Crippen LogP contribution in [-0.2, 0) is 11.3 Å². The molecule has 0 bridgehead atoms. The lowest BCUT2D eigenvalue weighted by molar-refractivity contribution is -0.386. The summed E-state index contributed by atoms with van der Waals surface area (Å²) in [6.07, 6.45) is 0. The van der Waals surface area contributed by atoms with Crippen molar-refractivity contribution in [3.63, 3.8) is 0 Å². The molecule has 10 heteroatoms. The lowest BCUT2D eigenvalue weighted by atomic mass is 10.2. The first kappa shape index (κ1) is 20.7. The molecule has 1 aromatic carbocycles. The minimum atomic E-state index is -0.535. The zero-order valence-corrected chi connectivity index (χ0v) is 16.9. The number of nitriles is 1. The number of hydrogen-bond acceptors (Lipinski definition) is 5. The van der Waals surface area contributed by atoms with Crippen LogP contribution < -0.4 is 5.32 Å². The molecule has 2 aromatic heterocycles. The average Bonchev–Trinajstić information content (AvgIpc) is 3.08. The lowest BCUT2D eigenvalue weighted by Crippen LogP contribution is -2.22. The van der Waals surface area contributed by atoms with Crippen LogP contribution in [0.2, 0.25) is 0 Å². The zero-order valence-electron chi connectivity index (χ0n) is 16.9. The van der Waals surface area contributed by atoms with Gasteiger partial charge in [-0.05, 0) is 57.5 Å². The fourth-order valence-electron chi connectivity index (χ4n) is 3.39. The van der Waals surface area contributed by atoms with Crippen molar-refractivity contribution in [1.29, 1.82) is 5.26 Å². The molecule has 1 amide bonds. The number of nitrogens with one attached hydrogen (secondary N) is 1. The number of rotatable bonds is 5. The van der Waals surface area contributed by atoms with E-state index in [0.717, 1.165) is 5.69 Å². The van der Waals surface area contributed by atoms with Crippen LogP contribution in [0.5, 0.6) is 0 Å². The molecule has 3 rings (SSSR count). The van der Waals surface area contributed by atoms with Crippen LogP contribution in [0.25, 0.3) is 5.69 Å². The summed E-state index contributed by atoms with van der Waals surface area (Å²) in [4.78, 5) is 23.4. The summed E-state index contributed by atoms with van der Waals surface area (Å²) >= 11 is 0. The van der Waals surface area contributed by atoms with E-state index in [2.05, 4.69) is 16.5 Å². The monoisotopic (exact) mass is 410 g/mol. The van der Waals surface area contributed by atoms with Gasteiger partial charge in [-0.3, -0.25) is 24.2 Å². The molecule has 0 saturated heterocycles. The molecule has 0 aliphatic rings. The molecule has 30 heavy (non-hydrogen) atoms. The van der Waals surface area contributed by atoms with Gasteiger partial charge in [0.2, 0.25) is 5.91 Å². The van der Waals surface area contributed by atoms with E-state index in [1.54, 1.807) is 30.5 Å². The van der Waals surface area contributed by atoms with Crippen molar-refractivity contribution in [1.82, 2.24) is 14.3 Å². The maximum absolute atomic E-state index is 13.3. The highest BCUT2D eigenvalue weighted by Crippen LogP contribution is 2.30. The summed E-state index contributed by atoms with van der Waals surface area (Å²) in [5.41, 5.74) is 2.59. The highest BCUT2D eigenvalue weighted by atomic mass is 19.1. The van der Waals surface area contributed by atoms with Crippen molar-refractivity contribution in [2.75, 3.05) is 5.32 Å². The third-order valence-corrected chi connectivity index (χ3v) is 4.99. The number of aromatic nitrogens is 3. The molecule has 0 fully saturated rings. The van der Waals surface area contributed by atoms with Crippen molar-refractivity contribution in [3.05, 3.63) is 68.4 Å². The van der Waals surface area contributed by atoms with Crippen LogP contribution in [0.3, 0.4) is 0 Å². The summed E-state index contributed by atoms with van der Waals surface area (Å²) in [5.74, 6) is -0.662. The quantitative estimate of drug-likeness (QED) is 0.510. The number of aryl methyl sites for hydroxylation is 1. The summed E-state index contributed by atoms with van der Waals surface area (Å²) < 4.78 is 16.3. The van der Waals surface area contributed by atoms with E-state index in [1.807, 2.05) is 0 Å².